The molecular weight excluding hydrogens is 430 g/mol. The summed E-state index contributed by atoms with van der Waals surface area (Å²) in [5.41, 5.74) is 3.79. The number of amides is 1. The number of hydrogen-bond acceptors (Lipinski definition) is 6. The van der Waals surface area contributed by atoms with Crippen molar-refractivity contribution in [2.24, 2.45) is 0 Å². The summed E-state index contributed by atoms with van der Waals surface area (Å²) in [6.45, 7) is 1.90. The van der Waals surface area contributed by atoms with Gasteiger partial charge in [-0.1, -0.05) is 28.9 Å². The third-order valence-electron chi connectivity index (χ3n) is 5.48. The van der Waals surface area contributed by atoms with Crippen LogP contribution in [-0.4, -0.2) is 42.5 Å². The van der Waals surface area contributed by atoms with Gasteiger partial charge in [0.25, 0.3) is 5.91 Å². The number of aryl methyl sites for hydroxylation is 1. The number of hydrogen-bond donors (Lipinski definition) is 1. The van der Waals surface area contributed by atoms with E-state index in [9.17, 15) is 4.79 Å². The van der Waals surface area contributed by atoms with E-state index in [2.05, 4.69) is 25.6 Å². The molecule has 4 aromatic rings. The molecule has 0 bridgehead atoms. The first kappa shape index (κ1) is 20.2. The third kappa shape index (κ3) is 3.60. The molecule has 162 valence electrons. The summed E-state index contributed by atoms with van der Waals surface area (Å²) in [7, 11) is 1.53. The number of anilines is 1. The zero-order valence-electron chi connectivity index (χ0n) is 17.5. The molecule has 0 saturated carbocycles. The van der Waals surface area contributed by atoms with Crippen LogP contribution in [0.5, 0.6) is 5.88 Å². The maximum Gasteiger partial charge on any atom is 0.279 e. The van der Waals surface area contributed by atoms with Gasteiger partial charge in [-0.3, -0.25) is 4.79 Å². The Morgan fingerprint density at radius 3 is 2.75 bits per heavy atom. The fourth-order valence-electron chi connectivity index (χ4n) is 3.94. The summed E-state index contributed by atoms with van der Waals surface area (Å²) < 4.78 is 9.05. The molecule has 10 heteroatoms. The van der Waals surface area contributed by atoms with E-state index in [4.69, 9.17) is 16.3 Å². The van der Waals surface area contributed by atoms with E-state index in [1.807, 2.05) is 52.7 Å². The van der Waals surface area contributed by atoms with Crippen molar-refractivity contribution in [1.82, 2.24) is 29.5 Å². The van der Waals surface area contributed by atoms with Crippen LogP contribution >= 0.6 is 11.6 Å². The van der Waals surface area contributed by atoms with Crippen molar-refractivity contribution in [2.75, 3.05) is 12.4 Å². The molecule has 1 N–H and O–H groups in total. The Hall–Kier alpha value is -3.72. The van der Waals surface area contributed by atoms with E-state index in [1.54, 1.807) is 12.4 Å². The van der Waals surface area contributed by atoms with Gasteiger partial charge in [0.1, 0.15) is 11.5 Å². The predicted octanol–water partition coefficient (Wildman–Crippen LogP) is 3.62. The van der Waals surface area contributed by atoms with Crippen LogP contribution in [0.25, 0.3) is 5.69 Å². The maximum absolute atomic E-state index is 12.9. The summed E-state index contributed by atoms with van der Waals surface area (Å²) in [5.74, 6) is 0.376. The minimum atomic E-state index is -0.358. The molecule has 0 saturated heterocycles. The molecule has 5 rings (SSSR count). The van der Waals surface area contributed by atoms with Gasteiger partial charge in [0.05, 0.1) is 30.9 Å². The number of rotatable bonds is 5. The number of imidazole rings is 1. The molecule has 1 atom stereocenters. The molecule has 9 nitrogen and oxygen atoms in total. The molecule has 4 heterocycles. The van der Waals surface area contributed by atoms with Crippen LogP contribution in [0.1, 0.15) is 39.9 Å². The first-order valence-electron chi connectivity index (χ1n) is 10.1. The van der Waals surface area contributed by atoms with Crippen LogP contribution in [0.3, 0.4) is 0 Å². The Kier molecular flexibility index (Phi) is 5.10. The highest BCUT2D eigenvalue weighted by Gasteiger charge is 2.31. The summed E-state index contributed by atoms with van der Waals surface area (Å²) >= 11 is 6.00. The van der Waals surface area contributed by atoms with Crippen molar-refractivity contribution in [3.8, 4) is 11.6 Å². The lowest BCUT2D eigenvalue weighted by Gasteiger charge is -2.11. The number of halogens is 1. The van der Waals surface area contributed by atoms with Gasteiger partial charge in [-0.2, -0.15) is 4.98 Å². The SMILES string of the molecule is COc1nc(NC(=O)c2nnn3c2CCC3c2ccc(Cl)cc2)ccc1-n1cnc(C)c1. The molecule has 3 aromatic heterocycles. The molecule has 1 aromatic carbocycles. The maximum atomic E-state index is 12.9. The quantitative estimate of drug-likeness (QED) is 0.499. The second-order valence-electron chi connectivity index (χ2n) is 7.54. The summed E-state index contributed by atoms with van der Waals surface area (Å²) in [4.78, 5) is 21.6. The van der Waals surface area contributed by atoms with Crippen LogP contribution < -0.4 is 10.1 Å². The Labute approximate surface area is 189 Å². The molecular formula is C22H20ClN7O2. The van der Waals surface area contributed by atoms with Gasteiger partial charge < -0.3 is 14.6 Å². The van der Waals surface area contributed by atoms with E-state index in [0.29, 0.717) is 28.8 Å². The van der Waals surface area contributed by atoms with Crippen LogP contribution in [0.2, 0.25) is 5.02 Å². The molecule has 0 fully saturated rings. The van der Waals surface area contributed by atoms with E-state index < -0.39 is 0 Å². The number of nitrogens with one attached hydrogen (secondary N) is 1. The number of nitrogens with zero attached hydrogens (tertiary/aromatic N) is 6. The van der Waals surface area contributed by atoms with E-state index in [1.165, 1.54) is 7.11 Å². The predicted molar refractivity (Wildman–Crippen MR) is 119 cm³/mol. The normalized spacial score (nSPS) is 14.9. The number of aromatic nitrogens is 6. The second-order valence-corrected chi connectivity index (χ2v) is 7.97. The number of methoxy groups -OCH3 is 1. The van der Waals surface area contributed by atoms with Crippen molar-refractivity contribution in [3.05, 3.63) is 76.6 Å². The van der Waals surface area contributed by atoms with Crippen LogP contribution in [0, 0.1) is 6.92 Å². The highest BCUT2D eigenvalue weighted by atomic mass is 35.5. The van der Waals surface area contributed by atoms with Crippen LogP contribution in [-0.2, 0) is 6.42 Å². The summed E-state index contributed by atoms with van der Waals surface area (Å²) in [5, 5.41) is 11.9. The largest absolute Gasteiger partial charge is 0.479 e. The average Bonchev–Trinajstić information content (AvgIpc) is 3.51. The zero-order chi connectivity index (χ0) is 22.2. The fraction of sp³-hybridized carbons (Fsp3) is 0.227. The molecule has 0 spiro atoms. The summed E-state index contributed by atoms with van der Waals surface area (Å²) in [6, 6.07) is 11.2. The number of carbonyl (C=O) groups excluding carboxylic acids is 1. The lowest BCUT2D eigenvalue weighted by Crippen LogP contribution is -2.16. The van der Waals surface area contributed by atoms with Crippen LogP contribution in [0.15, 0.2) is 48.9 Å². The number of fused-ring (bicyclic) bond motifs is 1. The zero-order valence-corrected chi connectivity index (χ0v) is 18.2. The van der Waals surface area contributed by atoms with Gasteiger partial charge in [0.15, 0.2) is 5.69 Å². The monoisotopic (exact) mass is 449 g/mol. The number of ether oxygens (including phenoxy) is 1. The molecule has 1 aliphatic rings. The second kappa shape index (κ2) is 8.08. The van der Waals surface area contributed by atoms with Gasteiger partial charge >= 0.3 is 0 Å². The highest BCUT2D eigenvalue weighted by molar-refractivity contribution is 6.30. The molecule has 1 amide bonds. The van der Waals surface area contributed by atoms with E-state index in [-0.39, 0.29) is 11.9 Å². The van der Waals surface area contributed by atoms with Gasteiger partial charge in [-0.25, -0.2) is 9.67 Å². The van der Waals surface area contributed by atoms with E-state index in [0.717, 1.165) is 29.1 Å². The third-order valence-corrected chi connectivity index (χ3v) is 5.73. The Morgan fingerprint density at radius 2 is 2.03 bits per heavy atom. The summed E-state index contributed by atoms with van der Waals surface area (Å²) in [6.07, 6.45) is 5.11. The standard InChI is InChI=1S/C22H20ClN7O2/c1-13-11-29(12-24-13)18-9-10-19(26-22(18)32-2)25-21(31)20-17-8-7-16(30(17)28-27-20)14-3-5-15(23)6-4-14/h3-6,9-12,16H,7-8H2,1-2H3,(H,25,26,31). The highest BCUT2D eigenvalue weighted by Crippen LogP contribution is 2.33. The first-order valence-corrected chi connectivity index (χ1v) is 10.5. The minimum absolute atomic E-state index is 0.0347. The number of pyridine rings is 1. The van der Waals surface area contributed by atoms with E-state index >= 15 is 0 Å². The Morgan fingerprint density at radius 1 is 1.22 bits per heavy atom. The van der Waals surface area contributed by atoms with Crippen molar-refractivity contribution in [2.45, 2.75) is 25.8 Å². The topological polar surface area (TPSA) is 99.8 Å². The fourth-order valence-corrected chi connectivity index (χ4v) is 4.07. The van der Waals surface area contributed by atoms with Crippen molar-refractivity contribution >= 4 is 23.3 Å². The van der Waals surface area contributed by atoms with Crippen molar-refractivity contribution < 1.29 is 9.53 Å². The lowest BCUT2D eigenvalue weighted by molar-refractivity contribution is 0.102. The molecule has 1 aliphatic heterocycles. The molecule has 0 aliphatic carbocycles. The van der Waals surface area contributed by atoms with Gasteiger partial charge in [-0.15, -0.1) is 5.10 Å². The smallest absolute Gasteiger partial charge is 0.279 e. The minimum Gasteiger partial charge on any atom is -0.479 e. The first-order chi connectivity index (χ1) is 15.5. The Bertz CT molecular complexity index is 1300. The molecule has 0 radical (unpaired) electrons. The van der Waals surface area contributed by atoms with Crippen LogP contribution in [0.4, 0.5) is 5.82 Å². The van der Waals surface area contributed by atoms with Crippen molar-refractivity contribution in [3.63, 3.8) is 0 Å². The van der Waals surface area contributed by atoms with Gasteiger partial charge in [0, 0.05) is 11.2 Å². The molecule has 32 heavy (non-hydrogen) atoms. The van der Waals surface area contributed by atoms with Crippen molar-refractivity contribution in [1.29, 1.82) is 0 Å². The number of carbonyl (C=O) groups is 1. The molecule has 1 unspecified atom stereocenters. The average molecular weight is 450 g/mol. The number of benzene rings is 1. The Balaban J connectivity index is 1.37. The van der Waals surface area contributed by atoms with Gasteiger partial charge in [0.2, 0.25) is 5.88 Å². The lowest BCUT2D eigenvalue weighted by atomic mass is 10.1. The van der Waals surface area contributed by atoms with Gasteiger partial charge in [-0.05, 0) is 49.6 Å².